The van der Waals surface area contributed by atoms with Crippen molar-refractivity contribution in [2.75, 3.05) is 0 Å². The van der Waals surface area contributed by atoms with Crippen molar-refractivity contribution in [1.29, 1.82) is 0 Å². The third kappa shape index (κ3) is 2.37. The molecule has 0 saturated carbocycles. The first-order valence-electron chi connectivity index (χ1n) is 5.95. The number of halogens is 2. The Kier molecular flexibility index (Phi) is 3.63. The summed E-state index contributed by atoms with van der Waals surface area (Å²) >= 11 is 12.0. The molecule has 1 heterocycles. The zero-order chi connectivity index (χ0) is 14.4. The topological polar surface area (TPSA) is 43.4 Å². The van der Waals surface area contributed by atoms with Crippen LogP contribution in [0.2, 0.25) is 10.0 Å². The van der Waals surface area contributed by atoms with Crippen molar-refractivity contribution in [3.05, 3.63) is 33.8 Å². The van der Waals surface area contributed by atoms with Crippen LogP contribution in [0.4, 0.5) is 0 Å². The Balaban J connectivity index is 2.48. The molecule has 0 amide bonds. The van der Waals surface area contributed by atoms with Gasteiger partial charge in [-0.25, -0.2) is 0 Å². The minimum Gasteiger partial charge on any atom is -0.456 e. The van der Waals surface area contributed by atoms with Gasteiger partial charge in [0.1, 0.15) is 12.0 Å². The Morgan fingerprint density at radius 2 is 1.84 bits per heavy atom. The van der Waals surface area contributed by atoms with E-state index in [1.165, 1.54) is 0 Å². The molecule has 3 nitrogen and oxygen atoms in total. The number of hydrogen-bond donors (Lipinski definition) is 0. The quantitative estimate of drug-likeness (QED) is 0.585. The van der Waals surface area contributed by atoms with Crippen LogP contribution in [-0.4, -0.2) is 11.8 Å². The first kappa shape index (κ1) is 14.4. The smallest absolute Gasteiger partial charge is 0.316 e. The Labute approximate surface area is 121 Å². The first-order valence-corrected chi connectivity index (χ1v) is 6.70. The lowest BCUT2D eigenvalue weighted by Crippen LogP contribution is -2.46. The van der Waals surface area contributed by atoms with Crippen molar-refractivity contribution in [3.8, 4) is 0 Å². The summed E-state index contributed by atoms with van der Waals surface area (Å²) < 4.78 is 5.40. The molecule has 1 aromatic carbocycles. The highest BCUT2D eigenvalue weighted by atomic mass is 35.5. The summed E-state index contributed by atoms with van der Waals surface area (Å²) in [4.78, 5) is 24.0. The number of cyclic esters (lactones) is 1. The molecular formula is C14H14Cl2O3. The van der Waals surface area contributed by atoms with Crippen LogP contribution in [0, 0.1) is 11.3 Å². The molecule has 0 aliphatic carbocycles. The van der Waals surface area contributed by atoms with E-state index in [1.807, 2.05) is 0 Å². The van der Waals surface area contributed by atoms with Gasteiger partial charge in [-0.3, -0.25) is 9.59 Å². The first-order chi connectivity index (χ1) is 8.75. The molecule has 0 radical (unpaired) electrons. The van der Waals surface area contributed by atoms with Gasteiger partial charge in [0, 0.05) is 15.6 Å². The van der Waals surface area contributed by atoms with Gasteiger partial charge in [0.2, 0.25) is 0 Å². The SMILES string of the molecule is C[C@H]1C(=O)O[C@@H](c2ccc(Cl)cc2Cl)C(C)(C)C1=O. The molecule has 0 bridgehead atoms. The van der Waals surface area contributed by atoms with Crippen molar-refractivity contribution in [2.45, 2.75) is 26.9 Å². The highest BCUT2D eigenvalue weighted by molar-refractivity contribution is 6.35. The van der Waals surface area contributed by atoms with Crippen LogP contribution in [0.15, 0.2) is 18.2 Å². The van der Waals surface area contributed by atoms with Crippen LogP contribution < -0.4 is 0 Å². The van der Waals surface area contributed by atoms with E-state index in [0.29, 0.717) is 15.6 Å². The van der Waals surface area contributed by atoms with E-state index in [9.17, 15) is 9.59 Å². The summed E-state index contributed by atoms with van der Waals surface area (Å²) in [6.07, 6.45) is -0.687. The molecule has 1 aromatic rings. The molecule has 1 fully saturated rings. The summed E-state index contributed by atoms with van der Waals surface area (Å²) in [5, 5.41) is 0.883. The number of carbonyl (C=O) groups is 2. The summed E-state index contributed by atoms with van der Waals surface area (Å²) in [5.74, 6) is -1.39. The van der Waals surface area contributed by atoms with Gasteiger partial charge >= 0.3 is 5.97 Å². The Morgan fingerprint density at radius 1 is 1.21 bits per heavy atom. The zero-order valence-corrected chi connectivity index (χ0v) is 12.4. The molecule has 1 aliphatic heterocycles. The monoisotopic (exact) mass is 300 g/mol. The maximum Gasteiger partial charge on any atom is 0.316 e. The van der Waals surface area contributed by atoms with Gasteiger partial charge in [-0.1, -0.05) is 29.3 Å². The van der Waals surface area contributed by atoms with Gasteiger partial charge in [-0.2, -0.15) is 0 Å². The summed E-state index contributed by atoms with van der Waals surface area (Å²) in [7, 11) is 0. The highest BCUT2D eigenvalue weighted by Gasteiger charge is 2.49. The number of rotatable bonds is 1. The Hall–Kier alpha value is -1.06. The number of Topliss-reactive ketones (excluding diaryl/α,β-unsaturated/α-hetero) is 1. The normalized spacial score (nSPS) is 26.2. The van der Waals surface area contributed by atoms with Gasteiger partial charge in [-0.15, -0.1) is 0 Å². The van der Waals surface area contributed by atoms with Crippen LogP contribution in [0.25, 0.3) is 0 Å². The van der Waals surface area contributed by atoms with E-state index in [0.717, 1.165) is 0 Å². The van der Waals surface area contributed by atoms with E-state index in [1.54, 1.807) is 39.0 Å². The molecule has 102 valence electrons. The Morgan fingerprint density at radius 3 is 2.42 bits per heavy atom. The van der Waals surface area contributed by atoms with Crippen molar-refractivity contribution >= 4 is 35.0 Å². The third-order valence-electron chi connectivity index (χ3n) is 3.52. The van der Waals surface area contributed by atoms with E-state index in [4.69, 9.17) is 27.9 Å². The van der Waals surface area contributed by atoms with E-state index < -0.39 is 23.4 Å². The summed E-state index contributed by atoms with van der Waals surface area (Å²) in [6.45, 7) is 5.08. The Bertz CT molecular complexity index is 552. The minimum atomic E-state index is -0.815. The van der Waals surface area contributed by atoms with E-state index in [-0.39, 0.29) is 5.78 Å². The van der Waals surface area contributed by atoms with Crippen molar-refractivity contribution in [2.24, 2.45) is 11.3 Å². The number of ether oxygens (including phenoxy) is 1. The second-order valence-electron chi connectivity index (χ2n) is 5.29. The molecule has 5 heteroatoms. The maximum atomic E-state index is 12.2. The van der Waals surface area contributed by atoms with E-state index in [2.05, 4.69) is 0 Å². The maximum absolute atomic E-state index is 12.2. The average Bonchev–Trinajstić information content (AvgIpc) is 2.33. The van der Waals surface area contributed by atoms with Crippen LogP contribution in [0.5, 0.6) is 0 Å². The van der Waals surface area contributed by atoms with E-state index >= 15 is 0 Å². The van der Waals surface area contributed by atoms with Gasteiger partial charge in [0.05, 0.1) is 5.41 Å². The average molecular weight is 301 g/mol. The van der Waals surface area contributed by atoms with Crippen LogP contribution in [-0.2, 0) is 14.3 Å². The summed E-state index contributed by atoms with van der Waals surface area (Å²) in [5.41, 5.74) is -0.213. The molecule has 1 saturated heterocycles. The van der Waals surface area contributed by atoms with Crippen molar-refractivity contribution in [1.82, 2.24) is 0 Å². The van der Waals surface area contributed by atoms with Gasteiger partial charge in [0.15, 0.2) is 5.78 Å². The largest absolute Gasteiger partial charge is 0.456 e. The van der Waals surface area contributed by atoms with Gasteiger partial charge in [-0.05, 0) is 32.9 Å². The second kappa shape index (κ2) is 4.80. The molecule has 19 heavy (non-hydrogen) atoms. The van der Waals surface area contributed by atoms with Crippen molar-refractivity contribution < 1.29 is 14.3 Å². The van der Waals surface area contributed by atoms with Crippen LogP contribution in [0.1, 0.15) is 32.4 Å². The fourth-order valence-electron chi connectivity index (χ4n) is 2.33. The molecule has 1 aliphatic rings. The lowest BCUT2D eigenvalue weighted by molar-refractivity contribution is -0.177. The lowest BCUT2D eigenvalue weighted by Gasteiger charge is -2.39. The second-order valence-corrected chi connectivity index (χ2v) is 6.13. The predicted molar refractivity (Wildman–Crippen MR) is 73.2 cm³/mol. The molecule has 0 unspecified atom stereocenters. The molecule has 0 spiro atoms. The third-order valence-corrected chi connectivity index (χ3v) is 4.08. The predicted octanol–water partition coefficient (Wildman–Crippen LogP) is 3.82. The number of hydrogen-bond acceptors (Lipinski definition) is 3. The van der Waals surface area contributed by atoms with Gasteiger partial charge in [0.25, 0.3) is 0 Å². The standard InChI is InChI=1S/C14H14Cl2O3/c1-7-11(17)14(2,3)12(19-13(7)18)9-5-4-8(15)6-10(9)16/h4-7,12H,1-3H3/t7-,12+/m1/s1. The molecule has 0 N–H and O–H groups in total. The minimum absolute atomic E-state index is 0.139. The zero-order valence-electron chi connectivity index (χ0n) is 10.9. The van der Waals surface area contributed by atoms with Crippen LogP contribution in [0.3, 0.4) is 0 Å². The van der Waals surface area contributed by atoms with Crippen molar-refractivity contribution in [3.63, 3.8) is 0 Å². The molecule has 2 atom stereocenters. The fourth-order valence-corrected chi connectivity index (χ4v) is 2.83. The molecule has 2 rings (SSSR count). The fraction of sp³-hybridized carbons (Fsp3) is 0.429. The highest BCUT2D eigenvalue weighted by Crippen LogP contribution is 2.45. The number of carbonyl (C=O) groups excluding carboxylic acids is 2. The summed E-state index contributed by atoms with van der Waals surface area (Å²) in [6, 6.07) is 4.92. The van der Waals surface area contributed by atoms with Crippen LogP contribution >= 0.6 is 23.2 Å². The van der Waals surface area contributed by atoms with Gasteiger partial charge < -0.3 is 4.74 Å². The number of benzene rings is 1. The molecule has 0 aromatic heterocycles. The molecular weight excluding hydrogens is 287 g/mol. The number of esters is 1. The number of ketones is 1. The lowest BCUT2D eigenvalue weighted by atomic mass is 9.73.